The molecule has 1 N–H and O–H groups in total. The van der Waals surface area contributed by atoms with Gasteiger partial charge in [-0.25, -0.2) is 0 Å². The molecular formula is C15H15Cl2NO. The molecule has 0 aromatic heterocycles. The van der Waals surface area contributed by atoms with Gasteiger partial charge >= 0.3 is 0 Å². The molecule has 19 heavy (non-hydrogen) atoms. The minimum Gasteiger partial charge on any atom is -0.495 e. The summed E-state index contributed by atoms with van der Waals surface area (Å²) in [7, 11) is 1.60. The Morgan fingerprint density at radius 1 is 1.11 bits per heavy atom. The van der Waals surface area contributed by atoms with E-state index in [0.717, 1.165) is 11.3 Å². The van der Waals surface area contributed by atoms with Gasteiger partial charge in [0.2, 0.25) is 0 Å². The van der Waals surface area contributed by atoms with Gasteiger partial charge in [0, 0.05) is 22.8 Å². The van der Waals surface area contributed by atoms with E-state index in [4.69, 9.17) is 27.9 Å². The highest BCUT2D eigenvalue weighted by molar-refractivity contribution is 6.35. The van der Waals surface area contributed by atoms with Crippen LogP contribution in [0.25, 0.3) is 0 Å². The Labute approximate surface area is 123 Å². The van der Waals surface area contributed by atoms with E-state index in [1.54, 1.807) is 13.2 Å². The summed E-state index contributed by atoms with van der Waals surface area (Å²) in [5, 5.41) is 4.45. The van der Waals surface area contributed by atoms with Crippen LogP contribution in [-0.4, -0.2) is 7.11 Å². The monoisotopic (exact) mass is 295 g/mol. The van der Waals surface area contributed by atoms with Gasteiger partial charge in [-0.1, -0.05) is 40.9 Å². The zero-order chi connectivity index (χ0) is 13.8. The third-order valence-electron chi connectivity index (χ3n) is 2.82. The normalized spacial score (nSPS) is 10.3. The smallest absolute Gasteiger partial charge is 0.142 e. The van der Waals surface area contributed by atoms with Gasteiger partial charge in [0.1, 0.15) is 5.75 Å². The van der Waals surface area contributed by atoms with Crippen LogP contribution in [-0.2, 0) is 6.54 Å². The topological polar surface area (TPSA) is 21.3 Å². The number of hydrogen-bond donors (Lipinski definition) is 1. The van der Waals surface area contributed by atoms with E-state index >= 15 is 0 Å². The highest BCUT2D eigenvalue weighted by atomic mass is 35.5. The molecule has 100 valence electrons. The van der Waals surface area contributed by atoms with E-state index in [-0.39, 0.29) is 0 Å². The fourth-order valence-corrected chi connectivity index (χ4v) is 2.45. The second-order valence-electron chi connectivity index (χ2n) is 4.30. The Kier molecular flexibility index (Phi) is 4.56. The lowest BCUT2D eigenvalue weighted by atomic mass is 10.2. The predicted octanol–water partition coefficient (Wildman–Crippen LogP) is 4.92. The molecule has 0 saturated heterocycles. The Bertz CT molecular complexity index is 567. The Morgan fingerprint density at radius 2 is 1.79 bits per heavy atom. The molecule has 0 aliphatic carbocycles. The molecule has 0 heterocycles. The minimum atomic E-state index is 0.524. The number of ether oxygens (including phenoxy) is 1. The Balaban J connectivity index is 2.17. The van der Waals surface area contributed by atoms with Gasteiger partial charge in [-0.15, -0.1) is 0 Å². The second-order valence-corrected chi connectivity index (χ2v) is 5.14. The summed E-state index contributed by atoms with van der Waals surface area (Å²) < 4.78 is 5.31. The molecule has 0 unspecified atom stereocenters. The van der Waals surface area contributed by atoms with Crippen molar-refractivity contribution in [2.45, 2.75) is 13.5 Å². The van der Waals surface area contributed by atoms with E-state index < -0.39 is 0 Å². The number of methoxy groups -OCH3 is 1. The van der Waals surface area contributed by atoms with Gasteiger partial charge in [0.15, 0.2) is 0 Å². The maximum atomic E-state index is 6.10. The molecule has 0 saturated carbocycles. The first-order valence-corrected chi connectivity index (χ1v) is 6.68. The number of anilines is 1. The van der Waals surface area contributed by atoms with E-state index in [9.17, 15) is 0 Å². The molecule has 0 radical (unpaired) electrons. The lowest BCUT2D eigenvalue weighted by Gasteiger charge is -2.12. The van der Waals surface area contributed by atoms with Crippen LogP contribution in [0.2, 0.25) is 10.0 Å². The second kappa shape index (κ2) is 6.18. The molecule has 0 amide bonds. The van der Waals surface area contributed by atoms with Crippen molar-refractivity contribution in [3.05, 3.63) is 57.6 Å². The van der Waals surface area contributed by atoms with Crippen molar-refractivity contribution in [3.63, 3.8) is 0 Å². The number of hydrogen-bond acceptors (Lipinski definition) is 2. The maximum absolute atomic E-state index is 6.10. The zero-order valence-corrected chi connectivity index (χ0v) is 12.3. The SMILES string of the molecule is COc1c(Cl)cc(Cl)cc1CNc1ccc(C)cc1. The van der Waals surface area contributed by atoms with E-state index in [0.29, 0.717) is 22.3 Å². The minimum absolute atomic E-state index is 0.524. The summed E-state index contributed by atoms with van der Waals surface area (Å²) in [6, 6.07) is 11.7. The van der Waals surface area contributed by atoms with Crippen molar-refractivity contribution in [2.24, 2.45) is 0 Å². The molecule has 0 aliphatic rings. The van der Waals surface area contributed by atoms with Crippen molar-refractivity contribution < 1.29 is 4.74 Å². The molecule has 0 atom stereocenters. The summed E-state index contributed by atoms with van der Waals surface area (Å²) in [5.74, 6) is 0.658. The summed E-state index contributed by atoms with van der Waals surface area (Å²) in [5.41, 5.74) is 3.21. The van der Waals surface area contributed by atoms with Gasteiger partial charge in [-0.2, -0.15) is 0 Å². The van der Waals surface area contributed by atoms with Gasteiger partial charge in [0.05, 0.1) is 12.1 Å². The number of rotatable bonds is 4. The average Bonchev–Trinajstić information content (AvgIpc) is 2.37. The number of benzene rings is 2. The molecular weight excluding hydrogens is 281 g/mol. The Morgan fingerprint density at radius 3 is 2.42 bits per heavy atom. The lowest BCUT2D eigenvalue weighted by molar-refractivity contribution is 0.410. The first-order valence-electron chi connectivity index (χ1n) is 5.92. The molecule has 0 bridgehead atoms. The highest BCUT2D eigenvalue weighted by Gasteiger charge is 2.09. The standard InChI is InChI=1S/C15H15Cl2NO/c1-10-3-5-13(6-4-10)18-9-11-7-12(16)8-14(17)15(11)19-2/h3-8,18H,9H2,1-2H3. The summed E-state index contributed by atoms with van der Waals surface area (Å²) in [6.45, 7) is 2.66. The largest absolute Gasteiger partial charge is 0.495 e. The van der Waals surface area contributed by atoms with Crippen molar-refractivity contribution in [2.75, 3.05) is 12.4 Å². The summed E-state index contributed by atoms with van der Waals surface area (Å²) in [4.78, 5) is 0. The van der Waals surface area contributed by atoms with Gasteiger partial charge in [-0.05, 0) is 31.2 Å². The van der Waals surface area contributed by atoms with Crippen LogP contribution >= 0.6 is 23.2 Å². The van der Waals surface area contributed by atoms with Crippen molar-refractivity contribution in [3.8, 4) is 5.75 Å². The Hall–Kier alpha value is -1.38. The zero-order valence-electron chi connectivity index (χ0n) is 10.8. The lowest BCUT2D eigenvalue weighted by Crippen LogP contribution is -2.02. The van der Waals surface area contributed by atoms with Crippen molar-refractivity contribution in [1.29, 1.82) is 0 Å². The molecule has 2 aromatic carbocycles. The maximum Gasteiger partial charge on any atom is 0.142 e. The molecule has 2 aromatic rings. The highest BCUT2D eigenvalue weighted by Crippen LogP contribution is 2.32. The quantitative estimate of drug-likeness (QED) is 0.864. The van der Waals surface area contributed by atoms with Gasteiger partial charge in [0.25, 0.3) is 0 Å². The van der Waals surface area contributed by atoms with E-state index in [1.165, 1.54) is 5.56 Å². The molecule has 2 rings (SSSR count). The van der Waals surface area contributed by atoms with Crippen LogP contribution in [0.3, 0.4) is 0 Å². The van der Waals surface area contributed by atoms with Crippen molar-refractivity contribution in [1.82, 2.24) is 0 Å². The summed E-state index contributed by atoms with van der Waals surface area (Å²) >= 11 is 12.1. The molecule has 4 heteroatoms. The van der Waals surface area contributed by atoms with E-state index in [1.807, 2.05) is 18.2 Å². The van der Waals surface area contributed by atoms with Crippen LogP contribution < -0.4 is 10.1 Å². The first kappa shape index (κ1) is 14.0. The van der Waals surface area contributed by atoms with Crippen LogP contribution in [0.1, 0.15) is 11.1 Å². The summed E-state index contributed by atoms with van der Waals surface area (Å²) in [6.07, 6.45) is 0. The molecule has 0 spiro atoms. The first-order chi connectivity index (χ1) is 9.10. The number of aryl methyl sites for hydroxylation is 1. The van der Waals surface area contributed by atoms with Crippen LogP contribution in [0.4, 0.5) is 5.69 Å². The van der Waals surface area contributed by atoms with Crippen molar-refractivity contribution >= 4 is 28.9 Å². The average molecular weight is 296 g/mol. The predicted molar refractivity (Wildman–Crippen MR) is 81.5 cm³/mol. The van der Waals surface area contributed by atoms with Crippen LogP contribution in [0.5, 0.6) is 5.75 Å². The molecule has 0 fully saturated rings. The number of nitrogens with one attached hydrogen (secondary N) is 1. The van der Waals surface area contributed by atoms with Gasteiger partial charge in [-0.3, -0.25) is 0 Å². The fraction of sp³-hybridized carbons (Fsp3) is 0.200. The molecule has 0 aliphatic heterocycles. The number of halogens is 2. The van der Waals surface area contributed by atoms with Crippen LogP contribution in [0.15, 0.2) is 36.4 Å². The third-order valence-corrected chi connectivity index (χ3v) is 3.32. The molecule has 2 nitrogen and oxygen atoms in total. The van der Waals surface area contributed by atoms with Gasteiger partial charge < -0.3 is 10.1 Å². The van der Waals surface area contributed by atoms with E-state index in [2.05, 4.69) is 24.4 Å². The third kappa shape index (κ3) is 3.55. The fourth-order valence-electron chi connectivity index (χ4n) is 1.84. The van der Waals surface area contributed by atoms with Crippen LogP contribution in [0, 0.1) is 6.92 Å².